The van der Waals surface area contributed by atoms with Crippen LogP contribution in [0.5, 0.6) is 0 Å². The van der Waals surface area contributed by atoms with Gasteiger partial charge in [0, 0.05) is 6.20 Å². The zero-order valence-corrected chi connectivity index (χ0v) is 14.4. The van der Waals surface area contributed by atoms with E-state index in [0.29, 0.717) is 25.0 Å². The van der Waals surface area contributed by atoms with Gasteiger partial charge in [0.25, 0.3) is 5.91 Å². The molecule has 0 aliphatic rings. The van der Waals surface area contributed by atoms with Crippen molar-refractivity contribution in [3.8, 4) is 0 Å². The molecule has 142 valence electrons. The summed E-state index contributed by atoms with van der Waals surface area (Å²) in [5.74, 6) is -1.94. The Labute approximate surface area is 148 Å². The highest BCUT2D eigenvalue weighted by Crippen LogP contribution is 2.30. The number of halogens is 3. The van der Waals surface area contributed by atoms with Gasteiger partial charge < -0.3 is 10.4 Å². The molecule has 2 heterocycles. The molecule has 1 amide bonds. The van der Waals surface area contributed by atoms with Gasteiger partial charge in [-0.2, -0.15) is 13.2 Å². The minimum atomic E-state index is -4.57. The molecule has 2 rings (SSSR count). The molecule has 26 heavy (non-hydrogen) atoms. The Hall–Kier alpha value is -2.58. The number of carboxylic acid groups (broad SMARTS) is 1. The van der Waals surface area contributed by atoms with Gasteiger partial charge in [0.05, 0.1) is 11.3 Å². The predicted molar refractivity (Wildman–Crippen MR) is 88.0 cm³/mol. The van der Waals surface area contributed by atoms with Crippen LogP contribution >= 0.6 is 0 Å². The zero-order chi connectivity index (χ0) is 19.5. The second kappa shape index (κ2) is 7.76. The fourth-order valence-corrected chi connectivity index (χ4v) is 2.69. The summed E-state index contributed by atoms with van der Waals surface area (Å²) in [5.41, 5.74) is -0.433. The van der Waals surface area contributed by atoms with E-state index in [1.165, 1.54) is 6.07 Å². The van der Waals surface area contributed by atoms with Crippen molar-refractivity contribution >= 4 is 17.5 Å². The summed E-state index contributed by atoms with van der Waals surface area (Å²) >= 11 is 0. The summed E-state index contributed by atoms with van der Waals surface area (Å²) in [7, 11) is 0. The number of fused-ring (bicyclic) bond motifs is 1. The molecule has 2 aromatic rings. The van der Waals surface area contributed by atoms with Crippen molar-refractivity contribution in [1.29, 1.82) is 0 Å². The fourth-order valence-electron chi connectivity index (χ4n) is 2.69. The number of nitrogens with one attached hydrogen (secondary N) is 1. The van der Waals surface area contributed by atoms with E-state index in [-0.39, 0.29) is 17.8 Å². The Morgan fingerprint density at radius 2 is 1.96 bits per heavy atom. The van der Waals surface area contributed by atoms with Gasteiger partial charge in [0.15, 0.2) is 0 Å². The maximum Gasteiger partial charge on any atom is 0.417 e. The van der Waals surface area contributed by atoms with Gasteiger partial charge in [0.1, 0.15) is 17.4 Å². The first kappa shape index (κ1) is 19.7. The summed E-state index contributed by atoms with van der Waals surface area (Å²) < 4.78 is 40.1. The van der Waals surface area contributed by atoms with Crippen molar-refractivity contribution in [2.45, 2.75) is 51.7 Å². The van der Waals surface area contributed by atoms with Gasteiger partial charge in [0.2, 0.25) is 0 Å². The van der Waals surface area contributed by atoms with Crippen LogP contribution in [0, 0.1) is 0 Å². The van der Waals surface area contributed by atoms with E-state index in [1.807, 2.05) is 6.92 Å². The molecule has 0 bridgehead atoms. The van der Waals surface area contributed by atoms with Crippen molar-refractivity contribution < 1.29 is 27.9 Å². The standard InChI is InChI=1S/C17H20F3N3O3/c1-3-5-11-14(15(24)22-12(6-4-2)16(25)26)23-9-10(17(18,19)20)7-8-13(23)21-11/h7-9,12H,3-6H2,1-2H3,(H,22,24)(H,25,26). The van der Waals surface area contributed by atoms with Crippen LogP contribution in [0.3, 0.4) is 0 Å². The van der Waals surface area contributed by atoms with Gasteiger partial charge in [-0.15, -0.1) is 0 Å². The van der Waals surface area contributed by atoms with E-state index in [1.54, 1.807) is 6.92 Å². The molecule has 2 N–H and O–H groups in total. The SMILES string of the molecule is CCCc1nc2ccc(C(F)(F)F)cn2c1C(=O)NC(CCC)C(=O)O. The van der Waals surface area contributed by atoms with Crippen LogP contribution in [0.1, 0.15) is 54.9 Å². The molecule has 1 unspecified atom stereocenters. The predicted octanol–water partition coefficient (Wildman–Crippen LogP) is 3.29. The molecule has 0 aliphatic carbocycles. The van der Waals surface area contributed by atoms with Crippen molar-refractivity contribution in [2.24, 2.45) is 0 Å². The number of hydrogen-bond acceptors (Lipinski definition) is 3. The zero-order valence-electron chi connectivity index (χ0n) is 14.4. The fraction of sp³-hybridized carbons (Fsp3) is 0.471. The molecule has 0 saturated heterocycles. The molecule has 0 fully saturated rings. The van der Waals surface area contributed by atoms with Crippen LogP contribution in [0.2, 0.25) is 0 Å². The lowest BCUT2D eigenvalue weighted by molar-refractivity contribution is -0.139. The molecule has 2 aromatic heterocycles. The smallest absolute Gasteiger partial charge is 0.417 e. The molecule has 0 aliphatic heterocycles. The molecular weight excluding hydrogens is 351 g/mol. The minimum Gasteiger partial charge on any atom is -0.480 e. The summed E-state index contributed by atoms with van der Waals surface area (Å²) in [6.07, 6.45) is -1.99. The first-order chi connectivity index (χ1) is 12.2. The molecule has 0 saturated carbocycles. The third-order valence-electron chi connectivity index (χ3n) is 3.90. The number of nitrogens with zero attached hydrogens (tertiary/aromatic N) is 2. The Balaban J connectivity index is 2.52. The van der Waals surface area contributed by atoms with Crippen molar-refractivity contribution in [1.82, 2.24) is 14.7 Å². The summed E-state index contributed by atoms with van der Waals surface area (Å²) in [5, 5.41) is 11.6. The number of rotatable bonds is 7. The van der Waals surface area contributed by atoms with Gasteiger partial charge >= 0.3 is 12.1 Å². The van der Waals surface area contributed by atoms with Gasteiger partial charge in [-0.1, -0.05) is 26.7 Å². The lowest BCUT2D eigenvalue weighted by atomic mass is 10.1. The normalized spacial score (nSPS) is 13.0. The van der Waals surface area contributed by atoms with E-state index in [9.17, 15) is 27.9 Å². The van der Waals surface area contributed by atoms with Crippen LogP contribution in [0.4, 0.5) is 13.2 Å². The quantitative estimate of drug-likeness (QED) is 0.782. The number of aliphatic carboxylic acids is 1. The third-order valence-corrected chi connectivity index (χ3v) is 3.90. The van der Waals surface area contributed by atoms with E-state index in [0.717, 1.165) is 16.7 Å². The average Bonchev–Trinajstić information content (AvgIpc) is 2.90. The van der Waals surface area contributed by atoms with Gasteiger partial charge in [-0.3, -0.25) is 9.20 Å². The second-order valence-corrected chi connectivity index (χ2v) is 5.95. The number of hydrogen-bond donors (Lipinski definition) is 2. The number of amides is 1. The Morgan fingerprint density at radius 1 is 1.27 bits per heavy atom. The highest BCUT2D eigenvalue weighted by atomic mass is 19.4. The van der Waals surface area contributed by atoms with Gasteiger partial charge in [-0.25, -0.2) is 9.78 Å². The number of carboxylic acids is 1. The molecule has 0 spiro atoms. The number of carbonyl (C=O) groups excluding carboxylic acids is 1. The topological polar surface area (TPSA) is 83.7 Å². The van der Waals surface area contributed by atoms with Crippen LogP contribution in [0.25, 0.3) is 5.65 Å². The number of imidazole rings is 1. The molecular formula is C17H20F3N3O3. The van der Waals surface area contributed by atoms with Crippen LogP contribution in [-0.2, 0) is 17.4 Å². The lowest BCUT2D eigenvalue weighted by Crippen LogP contribution is -2.41. The van der Waals surface area contributed by atoms with E-state index in [4.69, 9.17) is 0 Å². The summed E-state index contributed by atoms with van der Waals surface area (Å²) in [6, 6.07) is 0.981. The van der Waals surface area contributed by atoms with Crippen LogP contribution in [-0.4, -0.2) is 32.4 Å². The highest BCUT2D eigenvalue weighted by Gasteiger charge is 2.32. The molecule has 1 atom stereocenters. The number of aromatic nitrogens is 2. The maximum absolute atomic E-state index is 13.0. The highest BCUT2D eigenvalue weighted by molar-refractivity contribution is 5.97. The number of pyridine rings is 1. The molecule has 6 nitrogen and oxygen atoms in total. The Kier molecular flexibility index (Phi) is 5.89. The van der Waals surface area contributed by atoms with E-state index in [2.05, 4.69) is 10.3 Å². The largest absolute Gasteiger partial charge is 0.480 e. The van der Waals surface area contributed by atoms with Crippen molar-refractivity contribution in [2.75, 3.05) is 0 Å². The Morgan fingerprint density at radius 3 is 2.50 bits per heavy atom. The van der Waals surface area contributed by atoms with Crippen LogP contribution < -0.4 is 5.32 Å². The minimum absolute atomic E-state index is 0.0599. The number of alkyl halides is 3. The van der Waals surface area contributed by atoms with E-state index < -0.39 is 29.7 Å². The van der Waals surface area contributed by atoms with Crippen LogP contribution in [0.15, 0.2) is 18.3 Å². The molecule has 9 heteroatoms. The number of carbonyl (C=O) groups is 2. The number of aryl methyl sites for hydroxylation is 1. The molecule has 0 radical (unpaired) electrons. The monoisotopic (exact) mass is 371 g/mol. The molecule has 0 aromatic carbocycles. The first-order valence-corrected chi connectivity index (χ1v) is 8.30. The average molecular weight is 371 g/mol. The maximum atomic E-state index is 13.0. The van der Waals surface area contributed by atoms with Gasteiger partial charge in [-0.05, 0) is 25.0 Å². The second-order valence-electron chi connectivity index (χ2n) is 5.95. The van der Waals surface area contributed by atoms with Crippen molar-refractivity contribution in [3.63, 3.8) is 0 Å². The Bertz CT molecular complexity index is 815. The summed E-state index contributed by atoms with van der Waals surface area (Å²) in [6.45, 7) is 3.62. The van der Waals surface area contributed by atoms with E-state index >= 15 is 0 Å². The van der Waals surface area contributed by atoms with Crippen molar-refractivity contribution in [3.05, 3.63) is 35.3 Å². The first-order valence-electron chi connectivity index (χ1n) is 8.30. The third kappa shape index (κ3) is 4.14. The summed E-state index contributed by atoms with van der Waals surface area (Å²) in [4.78, 5) is 28.2. The lowest BCUT2D eigenvalue weighted by Gasteiger charge is -2.14.